The lowest BCUT2D eigenvalue weighted by molar-refractivity contribution is -0.122. The first-order valence-electron chi connectivity index (χ1n) is 8.07. The van der Waals surface area contributed by atoms with Gasteiger partial charge in [0.2, 0.25) is 5.82 Å². The van der Waals surface area contributed by atoms with E-state index in [0.29, 0.717) is 11.4 Å². The number of nitrogens with one attached hydrogen (secondary N) is 1. The topological polar surface area (TPSA) is 77.2 Å². The third-order valence-electron chi connectivity index (χ3n) is 4.01. The van der Waals surface area contributed by atoms with Crippen LogP contribution in [0, 0.1) is 13.8 Å². The van der Waals surface area contributed by atoms with Crippen LogP contribution in [0.3, 0.4) is 0 Å². The van der Waals surface area contributed by atoms with Crippen LogP contribution in [-0.2, 0) is 4.79 Å². The molecule has 0 saturated carbocycles. The highest BCUT2D eigenvalue weighted by Crippen LogP contribution is 2.26. The van der Waals surface area contributed by atoms with Crippen LogP contribution in [-0.4, -0.2) is 22.3 Å². The van der Waals surface area contributed by atoms with Crippen molar-refractivity contribution in [2.24, 2.45) is 0 Å². The fraction of sp³-hybridized carbons (Fsp3) is 0.211. The van der Waals surface area contributed by atoms with Crippen molar-refractivity contribution in [1.82, 2.24) is 10.3 Å². The summed E-state index contributed by atoms with van der Waals surface area (Å²) in [5, 5.41) is 10.4. The zero-order valence-electron chi connectivity index (χ0n) is 14.6. The van der Waals surface area contributed by atoms with Crippen LogP contribution in [0.1, 0.15) is 18.1 Å². The summed E-state index contributed by atoms with van der Waals surface area (Å²) in [6.07, 6.45) is -0.702. The second-order valence-corrected chi connectivity index (χ2v) is 6.88. The van der Waals surface area contributed by atoms with E-state index in [1.807, 2.05) is 56.3 Å². The van der Waals surface area contributed by atoms with Crippen LogP contribution < -0.4 is 10.1 Å². The number of nitrogens with zero attached hydrogens (tertiary/aromatic N) is 2. The van der Waals surface area contributed by atoms with Gasteiger partial charge in [-0.1, -0.05) is 34.1 Å². The highest BCUT2D eigenvalue weighted by atomic mass is 79.9. The Bertz CT molecular complexity index is 922. The van der Waals surface area contributed by atoms with E-state index in [4.69, 9.17) is 9.37 Å². The number of ether oxygens (including phenoxy) is 1. The lowest BCUT2D eigenvalue weighted by Gasteiger charge is -2.15. The molecule has 7 heteroatoms. The predicted molar refractivity (Wildman–Crippen MR) is 102 cm³/mol. The quantitative estimate of drug-likeness (QED) is 0.662. The average molecular weight is 416 g/mol. The van der Waals surface area contributed by atoms with Gasteiger partial charge in [0.15, 0.2) is 11.8 Å². The number of anilines is 1. The summed E-state index contributed by atoms with van der Waals surface area (Å²) in [6.45, 7) is 5.70. The lowest BCUT2D eigenvalue weighted by Crippen LogP contribution is -2.30. The van der Waals surface area contributed by atoms with Crippen molar-refractivity contribution in [3.8, 4) is 17.0 Å². The van der Waals surface area contributed by atoms with Crippen molar-refractivity contribution in [3.63, 3.8) is 0 Å². The SMILES string of the molecule is Cc1ccc(O[C@@H](C)C(=O)Nc2nonc2-c2ccc(Br)cc2)cc1C. The molecule has 6 nitrogen and oxygen atoms in total. The van der Waals surface area contributed by atoms with Crippen molar-refractivity contribution >= 4 is 27.7 Å². The lowest BCUT2D eigenvalue weighted by atomic mass is 10.1. The number of carbonyl (C=O) groups excluding carboxylic acids is 1. The zero-order chi connectivity index (χ0) is 18.7. The van der Waals surface area contributed by atoms with Crippen LogP contribution in [0.25, 0.3) is 11.3 Å². The van der Waals surface area contributed by atoms with Gasteiger partial charge >= 0.3 is 0 Å². The van der Waals surface area contributed by atoms with Crippen molar-refractivity contribution in [2.45, 2.75) is 26.9 Å². The molecule has 3 aromatic rings. The first-order chi connectivity index (χ1) is 12.4. The number of carbonyl (C=O) groups is 1. The fourth-order valence-corrected chi connectivity index (χ4v) is 2.60. The summed E-state index contributed by atoms with van der Waals surface area (Å²) in [7, 11) is 0. The van der Waals surface area contributed by atoms with Gasteiger partial charge in [0.05, 0.1) is 0 Å². The van der Waals surface area contributed by atoms with Crippen LogP contribution in [0.5, 0.6) is 5.75 Å². The molecule has 0 aliphatic carbocycles. The van der Waals surface area contributed by atoms with Gasteiger partial charge in [-0.25, -0.2) is 4.63 Å². The number of amides is 1. The number of aromatic nitrogens is 2. The number of rotatable bonds is 5. The second kappa shape index (κ2) is 7.70. The Labute approximate surface area is 159 Å². The van der Waals surface area contributed by atoms with Crippen molar-refractivity contribution in [2.75, 3.05) is 5.32 Å². The first-order valence-corrected chi connectivity index (χ1v) is 8.86. The summed E-state index contributed by atoms with van der Waals surface area (Å²) >= 11 is 3.38. The largest absolute Gasteiger partial charge is 0.481 e. The Hall–Kier alpha value is -2.67. The van der Waals surface area contributed by atoms with E-state index >= 15 is 0 Å². The van der Waals surface area contributed by atoms with Gasteiger partial charge in [-0.05, 0) is 66.5 Å². The third-order valence-corrected chi connectivity index (χ3v) is 4.54. The Balaban J connectivity index is 1.71. The molecule has 1 N–H and O–H groups in total. The minimum Gasteiger partial charge on any atom is -0.481 e. The van der Waals surface area contributed by atoms with E-state index in [9.17, 15) is 4.79 Å². The maximum atomic E-state index is 12.5. The molecule has 1 amide bonds. The molecular formula is C19H18BrN3O3. The average Bonchev–Trinajstić information content (AvgIpc) is 3.07. The van der Waals surface area contributed by atoms with Gasteiger partial charge in [-0.3, -0.25) is 4.79 Å². The molecule has 0 saturated heterocycles. The normalized spacial score (nSPS) is 11.8. The van der Waals surface area contributed by atoms with Gasteiger partial charge in [-0.2, -0.15) is 0 Å². The van der Waals surface area contributed by atoms with Crippen molar-refractivity contribution in [3.05, 3.63) is 58.1 Å². The van der Waals surface area contributed by atoms with Gasteiger partial charge in [0.25, 0.3) is 5.91 Å². The Morgan fingerprint density at radius 2 is 1.85 bits per heavy atom. The molecule has 0 bridgehead atoms. The molecule has 0 radical (unpaired) electrons. The summed E-state index contributed by atoms with van der Waals surface area (Å²) in [5.74, 6) is 0.562. The number of aryl methyl sites for hydroxylation is 2. The monoisotopic (exact) mass is 415 g/mol. The molecule has 26 heavy (non-hydrogen) atoms. The van der Waals surface area contributed by atoms with E-state index in [1.54, 1.807) is 6.92 Å². The molecule has 0 spiro atoms. The van der Waals surface area contributed by atoms with Crippen LogP contribution in [0.2, 0.25) is 0 Å². The van der Waals surface area contributed by atoms with Crippen LogP contribution >= 0.6 is 15.9 Å². The highest BCUT2D eigenvalue weighted by Gasteiger charge is 2.20. The molecule has 0 aliphatic rings. The standard InChI is InChI=1S/C19H18BrN3O3/c1-11-4-9-16(10-12(11)2)25-13(3)19(24)21-18-17(22-26-23-18)14-5-7-15(20)8-6-14/h4-10,13H,1-3H3,(H,21,23,24)/t13-/m0/s1. The molecule has 0 fully saturated rings. The molecule has 2 aromatic carbocycles. The van der Waals surface area contributed by atoms with E-state index < -0.39 is 6.10 Å². The minimum absolute atomic E-state index is 0.257. The zero-order valence-corrected chi connectivity index (χ0v) is 16.2. The van der Waals surface area contributed by atoms with Crippen molar-refractivity contribution in [1.29, 1.82) is 0 Å². The Morgan fingerprint density at radius 1 is 1.12 bits per heavy atom. The van der Waals surface area contributed by atoms with E-state index in [0.717, 1.165) is 15.6 Å². The number of benzene rings is 2. The van der Waals surface area contributed by atoms with Crippen LogP contribution in [0.4, 0.5) is 5.82 Å². The Kier molecular flexibility index (Phi) is 5.37. The number of halogens is 1. The molecule has 1 aromatic heterocycles. The molecule has 0 unspecified atom stereocenters. The third kappa shape index (κ3) is 4.11. The van der Waals surface area contributed by atoms with Gasteiger partial charge in [0, 0.05) is 10.0 Å². The molecule has 3 rings (SSSR count). The van der Waals surface area contributed by atoms with Gasteiger partial charge in [-0.15, -0.1) is 0 Å². The fourth-order valence-electron chi connectivity index (χ4n) is 2.33. The van der Waals surface area contributed by atoms with E-state index in [-0.39, 0.29) is 11.7 Å². The Morgan fingerprint density at radius 3 is 2.54 bits per heavy atom. The number of hydrogen-bond acceptors (Lipinski definition) is 5. The maximum Gasteiger partial charge on any atom is 0.266 e. The van der Waals surface area contributed by atoms with E-state index in [1.165, 1.54) is 5.56 Å². The van der Waals surface area contributed by atoms with Gasteiger partial charge < -0.3 is 10.1 Å². The second-order valence-electron chi connectivity index (χ2n) is 5.96. The highest BCUT2D eigenvalue weighted by molar-refractivity contribution is 9.10. The first kappa shape index (κ1) is 18.1. The number of hydrogen-bond donors (Lipinski definition) is 1. The summed E-state index contributed by atoms with van der Waals surface area (Å²) in [4.78, 5) is 12.5. The van der Waals surface area contributed by atoms with Crippen LogP contribution in [0.15, 0.2) is 51.6 Å². The molecule has 1 heterocycles. The maximum absolute atomic E-state index is 12.5. The van der Waals surface area contributed by atoms with Gasteiger partial charge in [0.1, 0.15) is 5.75 Å². The molecular weight excluding hydrogens is 398 g/mol. The smallest absolute Gasteiger partial charge is 0.266 e. The summed E-state index contributed by atoms with van der Waals surface area (Å²) in [6, 6.07) is 13.2. The summed E-state index contributed by atoms with van der Waals surface area (Å²) in [5.41, 5.74) is 3.52. The summed E-state index contributed by atoms with van der Waals surface area (Å²) < 4.78 is 11.5. The van der Waals surface area contributed by atoms with E-state index in [2.05, 4.69) is 31.6 Å². The molecule has 134 valence electrons. The minimum atomic E-state index is -0.702. The molecule has 1 atom stereocenters. The molecule has 0 aliphatic heterocycles. The predicted octanol–water partition coefficient (Wildman–Crippen LogP) is 4.52. The van der Waals surface area contributed by atoms with Crippen molar-refractivity contribution < 1.29 is 14.2 Å².